The van der Waals surface area contributed by atoms with Crippen LogP contribution in [0.1, 0.15) is 16.7 Å². The summed E-state index contributed by atoms with van der Waals surface area (Å²) >= 11 is 0. The molecule has 6 nitrogen and oxygen atoms in total. The maximum Gasteiger partial charge on any atom is 0.230 e. The predicted molar refractivity (Wildman–Crippen MR) is 158 cm³/mol. The fourth-order valence-electron chi connectivity index (χ4n) is 4.68. The van der Waals surface area contributed by atoms with Crippen LogP contribution < -0.4 is 9.47 Å². The van der Waals surface area contributed by atoms with Gasteiger partial charge < -0.3 is 28.4 Å². The second-order valence-corrected chi connectivity index (χ2v) is 9.85. The van der Waals surface area contributed by atoms with Gasteiger partial charge in [-0.3, -0.25) is 0 Å². The Morgan fingerprint density at radius 1 is 0.610 bits per heavy atom. The molecule has 41 heavy (non-hydrogen) atoms. The molecule has 0 spiro atoms. The Bertz CT molecular complexity index is 1330. The first kappa shape index (κ1) is 28.6. The minimum absolute atomic E-state index is 0.293. The van der Waals surface area contributed by atoms with Crippen molar-refractivity contribution >= 4 is 0 Å². The molecule has 0 bridgehead atoms. The first-order valence-electron chi connectivity index (χ1n) is 13.8. The fourth-order valence-corrected chi connectivity index (χ4v) is 4.68. The second kappa shape index (κ2) is 14.6. The van der Waals surface area contributed by atoms with Crippen LogP contribution in [0.4, 0.5) is 0 Å². The molecule has 0 aliphatic carbocycles. The summed E-state index contributed by atoms with van der Waals surface area (Å²) in [6.07, 6.45) is -2.28. The third kappa shape index (κ3) is 8.06. The SMILES string of the molecule is C=C1[C@@H](OCc2ccccc2)[C@H](Oc2ccc(OC)cc2)O[C@H](COCc2ccccc2)[C@@H]1OCc1ccccc1. The van der Waals surface area contributed by atoms with Crippen LogP contribution in [0.3, 0.4) is 0 Å². The molecule has 1 fully saturated rings. The summed E-state index contributed by atoms with van der Waals surface area (Å²) < 4.78 is 37.2. The minimum Gasteiger partial charge on any atom is -0.497 e. The van der Waals surface area contributed by atoms with E-state index in [0.29, 0.717) is 32.2 Å². The van der Waals surface area contributed by atoms with Gasteiger partial charge in [0.2, 0.25) is 6.29 Å². The van der Waals surface area contributed by atoms with Gasteiger partial charge in [-0.1, -0.05) is 97.6 Å². The summed E-state index contributed by atoms with van der Waals surface area (Å²) in [5, 5.41) is 0. The molecule has 0 radical (unpaired) electrons. The lowest BCUT2D eigenvalue weighted by molar-refractivity contribution is -0.241. The Morgan fingerprint density at radius 3 is 1.63 bits per heavy atom. The lowest BCUT2D eigenvalue weighted by Crippen LogP contribution is -2.54. The van der Waals surface area contributed by atoms with Crippen molar-refractivity contribution in [3.8, 4) is 11.5 Å². The first-order valence-corrected chi connectivity index (χ1v) is 13.8. The molecule has 0 aromatic heterocycles. The molecule has 1 saturated heterocycles. The van der Waals surface area contributed by atoms with Gasteiger partial charge in [0, 0.05) is 0 Å². The molecule has 1 heterocycles. The van der Waals surface area contributed by atoms with Crippen LogP contribution in [0.2, 0.25) is 0 Å². The minimum atomic E-state index is -0.762. The fraction of sp³-hybridized carbons (Fsp3) is 0.257. The van der Waals surface area contributed by atoms with Gasteiger partial charge >= 0.3 is 0 Å². The van der Waals surface area contributed by atoms with Gasteiger partial charge in [-0.05, 0) is 46.5 Å². The molecule has 5 rings (SSSR count). The number of rotatable bonds is 13. The molecule has 0 N–H and O–H groups in total. The van der Waals surface area contributed by atoms with Crippen LogP contribution in [0.5, 0.6) is 11.5 Å². The first-order chi connectivity index (χ1) is 20.2. The van der Waals surface area contributed by atoms with E-state index in [9.17, 15) is 0 Å². The normalized spacial score (nSPS) is 20.5. The zero-order valence-electron chi connectivity index (χ0n) is 23.3. The number of ether oxygens (including phenoxy) is 6. The molecule has 4 aromatic carbocycles. The van der Waals surface area contributed by atoms with E-state index in [1.165, 1.54) is 0 Å². The van der Waals surface area contributed by atoms with Gasteiger partial charge in [0.25, 0.3) is 0 Å². The summed E-state index contributed by atoms with van der Waals surface area (Å²) in [5.74, 6) is 1.37. The molecule has 1 aliphatic rings. The zero-order chi connectivity index (χ0) is 28.3. The molecule has 4 atom stereocenters. The highest BCUT2D eigenvalue weighted by Crippen LogP contribution is 2.33. The summed E-state index contributed by atoms with van der Waals surface area (Å²) in [6, 6.07) is 37.5. The van der Waals surface area contributed by atoms with Gasteiger partial charge in [-0.25, -0.2) is 0 Å². The van der Waals surface area contributed by atoms with Crippen LogP contribution in [-0.4, -0.2) is 38.3 Å². The zero-order valence-corrected chi connectivity index (χ0v) is 23.3. The molecule has 0 unspecified atom stereocenters. The van der Waals surface area contributed by atoms with Crippen molar-refractivity contribution < 1.29 is 28.4 Å². The van der Waals surface area contributed by atoms with Gasteiger partial charge in [0.1, 0.15) is 29.8 Å². The number of methoxy groups -OCH3 is 1. The Hall–Kier alpha value is -3.94. The molecule has 4 aromatic rings. The van der Waals surface area contributed by atoms with E-state index < -0.39 is 24.6 Å². The second-order valence-electron chi connectivity index (χ2n) is 9.85. The monoisotopic (exact) mass is 552 g/mol. The van der Waals surface area contributed by atoms with Crippen LogP contribution in [0.15, 0.2) is 127 Å². The molecule has 0 amide bonds. The quantitative estimate of drug-likeness (QED) is 0.171. The Morgan fingerprint density at radius 2 is 1.10 bits per heavy atom. The maximum atomic E-state index is 6.57. The van der Waals surface area contributed by atoms with Crippen molar-refractivity contribution in [2.24, 2.45) is 0 Å². The van der Waals surface area contributed by atoms with Crippen LogP contribution in [0, 0.1) is 0 Å². The molecule has 0 saturated carbocycles. The molecular formula is C35H36O6. The average molecular weight is 553 g/mol. The summed E-state index contributed by atoms with van der Waals surface area (Å²) in [4.78, 5) is 0. The molecule has 1 aliphatic heterocycles. The van der Waals surface area contributed by atoms with Gasteiger partial charge in [0.15, 0.2) is 0 Å². The van der Waals surface area contributed by atoms with E-state index in [1.54, 1.807) is 7.11 Å². The molecular weight excluding hydrogens is 516 g/mol. The van der Waals surface area contributed by atoms with Crippen molar-refractivity contribution in [1.29, 1.82) is 0 Å². The van der Waals surface area contributed by atoms with Crippen LogP contribution in [0.25, 0.3) is 0 Å². The lowest BCUT2D eigenvalue weighted by atomic mass is 9.96. The van der Waals surface area contributed by atoms with E-state index in [0.717, 1.165) is 28.0 Å². The highest BCUT2D eigenvalue weighted by atomic mass is 16.7. The van der Waals surface area contributed by atoms with Crippen molar-refractivity contribution in [3.05, 3.63) is 144 Å². The Labute approximate surface area is 242 Å². The number of hydrogen-bond acceptors (Lipinski definition) is 6. The average Bonchev–Trinajstić information content (AvgIpc) is 3.02. The van der Waals surface area contributed by atoms with E-state index in [4.69, 9.17) is 28.4 Å². The van der Waals surface area contributed by atoms with E-state index in [2.05, 4.69) is 6.58 Å². The van der Waals surface area contributed by atoms with Crippen molar-refractivity contribution in [2.75, 3.05) is 13.7 Å². The number of hydrogen-bond donors (Lipinski definition) is 0. The maximum absolute atomic E-state index is 6.57. The predicted octanol–water partition coefficient (Wildman–Crippen LogP) is 6.74. The third-order valence-electron chi connectivity index (χ3n) is 6.87. The van der Waals surface area contributed by atoms with Crippen LogP contribution in [-0.2, 0) is 38.8 Å². The Balaban J connectivity index is 1.36. The van der Waals surface area contributed by atoms with Crippen molar-refractivity contribution in [1.82, 2.24) is 0 Å². The van der Waals surface area contributed by atoms with E-state index >= 15 is 0 Å². The topological polar surface area (TPSA) is 55.4 Å². The molecule has 6 heteroatoms. The van der Waals surface area contributed by atoms with E-state index in [1.807, 2.05) is 115 Å². The summed E-state index contributed by atoms with van der Waals surface area (Å²) in [5.41, 5.74) is 3.93. The van der Waals surface area contributed by atoms with Gasteiger partial charge in [0.05, 0.1) is 33.5 Å². The smallest absolute Gasteiger partial charge is 0.230 e. The van der Waals surface area contributed by atoms with Gasteiger partial charge in [-0.2, -0.15) is 0 Å². The highest BCUT2D eigenvalue weighted by Gasteiger charge is 2.44. The molecule has 212 valence electrons. The highest BCUT2D eigenvalue weighted by molar-refractivity contribution is 5.32. The largest absolute Gasteiger partial charge is 0.497 e. The third-order valence-corrected chi connectivity index (χ3v) is 6.87. The van der Waals surface area contributed by atoms with E-state index in [-0.39, 0.29) is 0 Å². The van der Waals surface area contributed by atoms with Crippen molar-refractivity contribution in [2.45, 2.75) is 44.4 Å². The summed E-state index contributed by atoms with van der Waals surface area (Å²) in [7, 11) is 1.63. The van der Waals surface area contributed by atoms with Crippen molar-refractivity contribution in [3.63, 3.8) is 0 Å². The Kier molecular flexibility index (Phi) is 10.2. The lowest BCUT2D eigenvalue weighted by Gasteiger charge is -2.42. The van der Waals surface area contributed by atoms with Gasteiger partial charge in [-0.15, -0.1) is 0 Å². The number of benzene rings is 4. The van der Waals surface area contributed by atoms with Crippen LogP contribution >= 0.6 is 0 Å². The summed E-state index contributed by atoms with van der Waals surface area (Å²) in [6.45, 7) is 5.97. The standard InChI is InChI=1S/C35H36O6/c1-26-33(38-23-28-14-8-4-9-15-28)32(25-37-22-27-12-6-3-7-13-27)41-35(40-31-20-18-30(36-2)19-21-31)34(26)39-24-29-16-10-5-11-17-29/h3-21,32-35H,1,22-25H2,2H3/t32-,33-,34-,35-/m1/s1.